The number of carbonyl (C=O) groups is 1. The van der Waals surface area contributed by atoms with Crippen LogP contribution in [0.5, 0.6) is 0 Å². The number of benzene rings is 1. The number of carbonyl (C=O) groups excluding carboxylic acids is 1. The number of alkyl halides is 3. The van der Waals surface area contributed by atoms with E-state index in [1.54, 1.807) is 0 Å². The summed E-state index contributed by atoms with van der Waals surface area (Å²) in [6.45, 7) is 0.255. The van der Waals surface area contributed by atoms with Crippen molar-refractivity contribution in [1.29, 1.82) is 0 Å². The van der Waals surface area contributed by atoms with Crippen molar-refractivity contribution < 1.29 is 22.7 Å². The summed E-state index contributed by atoms with van der Waals surface area (Å²) in [5.41, 5.74) is 0.0508. The van der Waals surface area contributed by atoms with Crippen molar-refractivity contribution in [3.05, 3.63) is 34.9 Å². The van der Waals surface area contributed by atoms with Gasteiger partial charge in [0.15, 0.2) is 0 Å². The number of rotatable bonds is 1. The van der Waals surface area contributed by atoms with Crippen LogP contribution >= 0.6 is 0 Å². The third-order valence-corrected chi connectivity index (χ3v) is 3.95. The van der Waals surface area contributed by atoms with Gasteiger partial charge in [-0.05, 0) is 29.7 Å². The molecule has 1 aliphatic carbocycles. The molecule has 1 aliphatic heterocycles. The van der Waals surface area contributed by atoms with Crippen LogP contribution in [0, 0.1) is 0 Å². The largest absolute Gasteiger partial charge is 0.468 e. The van der Waals surface area contributed by atoms with E-state index in [9.17, 15) is 18.0 Å². The van der Waals surface area contributed by atoms with E-state index in [0.717, 1.165) is 17.7 Å². The van der Waals surface area contributed by atoms with Crippen molar-refractivity contribution in [2.75, 3.05) is 7.11 Å². The van der Waals surface area contributed by atoms with E-state index < -0.39 is 17.3 Å². The van der Waals surface area contributed by atoms with E-state index in [1.165, 1.54) is 13.2 Å². The third-order valence-electron chi connectivity index (χ3n) is 3.95. The molecule has 1 aromatic carbocycles. The van der Waals surface area contributed by atoms with E-state index in [4.69, 9.17) is 4.74 Å². The summed E-state index contributed by atoms with van der Waals surface area (Å²) in [7, 11) is 1.32. The van der Waals surface area contributed by atoms with Crippen LogP contribution in [0.2, 0.25) is 0 Å². The summed E-state index contributed by atoms with van der Waals surface area (Å²) < 4.78 is 42.6. The molecule has 3 nitrogen and oxygen atoms in total. The summed E-state index contributed by atoms with van der Waals surface area (Å²) >= 11 is 0. The van der Waals surface area contributed by atoms with Gasteiger partial charge in [0.05, 0.1) is 12.7 Å². The average Bonchev–Trinajstić information content (AvgIpc) is 3.12. The molecular formula is C13H12F3NO2. The van der Waals surface area contributed by atoms with Gasteiger partial charge in [-0.15, -0.1) is 0 Å². The van der Waals surface area contributed by atoms with Gasteiger partial charge in [-0.3, -0.25) is 10.1 Å². The summed E-state index contributed by atoms with van der Waals surface area (Å²) in [5, 5.41) is 3.01. The second-order valence-corrected chi connectivity index (χ2v) is 4.98. The van der Waals surface area contributed by atoms with E-state index in [0.29, 0.717) is 12.0 Å². The summed E-state index contributed by atoms with van der Waals surface area (Å²) in [6.07, 6.45) is -3.76. The Balaban J connectivity index is 1.95. The molecule has 1 N–H and O–H groups in total. The third kappa shape index (κ3) is 1.74. The topological polar surface area (TPSA) is 38.3 Å². The van der Waals surface area contributed by atoms with Crippen LogP contribution in [0.1, 0.15) is 29.0 Å². The van der Waals surface area contributed by atoms with E-state index in [1.807, 2.05) is 0 Å². The van der Waals surface area contributed by atoms with Crippen molar-refractivity contribution in [2.24, 2.45) is 0 Å². The first-order valence-electron chi connectivity index (χ1n) is 5.92. The highest BCUT2D eigenvalue weighted by Crippen LogP contribution is 2.55. The molecule has 19 heavy (non-hydrogen) atoms. The number of esters is 1. The van der Waals surface area contributed by atoms with Gasteiger partial charge in [-0.2, -0.15) is 13.2 Å². The molecule has 0 unspecified atom stereocenters. The predicted octanol–water partition coefficient (Wildman–Crippen LogP) is 2.21. The van der Waals surface area contributed by atoms with Crippen molar-refractivity contribution in [2.45, 2.75) is 30.6 Å². The lowest BCUT2D eigenvalue weighted by Crippen LogP contribution is -2.43. The van der Waals surface area contributed by atoms with Gasteiger partial charge in [0.1, 0.15) is 5.54 Å². The van der Waals surface area contributed by atoms with Crippen LogP contribution in [0.25, 0.3) is 0 Å². The summed E-state index contributed by atoms with van der Waals surface area (Å²) in [6, 6.07) is 3.71. The minimum absolute atomic E-state index is 0.0778. The smallest absolute Gasteiger partial charge is 0.416 e. The maximum Gasteiger partial charge on any atom is 0.416 e. The van der Waals surface area contributed by atoms with Crippen molar-refractivity contribution in [1.82, 2.24) is 5.32 Å². The summed E-state index contributed by atoms with van der Waals surface area (Å²) in [5.74, 6) is -0.422. The maximum atomic E-state index is 12.6. The van der Waals surface area contributed by atoms with Gasteiger partial charge in [-0.1, -0.05) is 6.07 Å². The second kappa shape index (κ2) is 3.72. The molecule has 102 valence electrons. The Morgan fingerprint density at radius 1 is 1.47 bits per heavy atom. The minimum atomic E-state index is -4.34. The fourth-order valence-electron chi connectivity index (χ4n) is 2.84. The quantitative estimate of drug-likeness (QED) is 0.796. The normalized spacial score (nSPS) is 28.3. The molecular weight excluding hydrogens is 259 g/mol. The second-order valence-electron chi connectivity index (χ2n) is 4.98. The van der Waals surface area contributed by atoms with Gasteiger partial charge in [0.25, 0.3) is 0 Å². The van der Waals surface area contributed by atoms with Crippen LogP contribution in [0.15, 0.2) is 18.2 Å². The lowest BCUT2D eigenvalue weighted by molar-refractivity contribution is -0.145. The van der Waals surface area contributed by atoms with Crippen LogP contribution in [0.4, 0.5) is 13.2 Å². The van der Waals surface area contributed by atoms with E-state index in [2.05, 4.69) is 5.32 Å². The van der Waals surface area contributed by atoms with E-state index >= 15 is 0 Å². The Kier molecular flexibility index (Phi) is 2.44. The van der Waals surface area contributed by atoms with Crippen molar-refractivity contribution in [3.63, 3.8) is 0 Å². The van der Waals surface area contributed by atoms with Gasteiger partial charge < -0.3 is 4.74 Å². The number of halogens is 3. The number of hydrogen-bond acceptors (Lipinski definition) is 3. The van der Waals surface area contributed by atoms with Gasteiger partial charge in [0, 0.05) is 12.5 Å². The molecule has 0 spiro atoms. The molecule has 1 saturated carbocycles. The lowest BCUT2D eigenvalue weighted by atomic mass is 9.94. The minimum Gasteiger partial charge on any atom is -0.468 e. The van der Waals surface area contributed by atoms with Crippen LogP contribution in [0.3, 0.4) is 0 Å². The highest BCUT2D eigenvalue weighted by molar-refractivity contribution is 5.87. The molecule has 0 saturated heterocycles. The van der Waals surface area contributed by atoms with Gasteiger partial charge in [-0.25, -0.2) is 0 Å². The Hall–Kier alpha value is -1.56. The Morgan fingerprint density at radius 2 is 2.21 bits per heavy atom. The monoisotopic (exact) mass is 271 g/mol. The Labute approximate surface area is 107 Å². The number of ether oxygens (including phenoxy) is 1. The molecule has 0 amide bonds. The Morgan fingerprint density at radius 3 is 2.84 bits per heavy atom. The molecule has 1 heterocycles. The van der Waals surface area contributed by atoms with E-state index in [-0.39, 0.29) is 18.4 Å². The van der Waals surface area contributed by atoms with Crippen molar-refractivity contribution in [3.8, 4) is 0 Å². The number of nitrogens with one attached hydrogen (secondary N) is 1. The standard InChI is InChI=1S/C13H12F3NO2/c1-19-11(18)12-5-10(12)9-3-2-8(13(14,15)16)4-7(9)6-17-12/h2-4,10,17H,5-6H2,1H3/t10-,12+/m1/s1. The zero-order chi connectivity index (χ0) is 13.8. The first-order chi connectivity index (χ1) is 8.88. The molecule has 0 bridgehead atoms. The highest BCUT2D eigenvalue weighted by Gasteiger charge is 2.63. The molecule has 0 aromatic heterocycles. The van der Waals surface area contributed by atoms with Crippen LogP contribution in [-0.4, -0.2) is 18.6 Å². The predicted molar refractivity (Wildman–Crippen MR) is 60.4 cm³/mol. The number of hydrogen-bond donors (Lipinski definition) is 1. The van der Waals surface area contributed by atoms with Crippen LogP contribution in [-0.2, 0) is 22.3 Å². The van der Waals surface area contributed by atoms with Gasteiger partial charge >= 0.3 is 12.1 Å². The molecule has 0 radical (unpaired) electrons. The fraction of sp³-hybridized carbons (Fsp3) is 0.462. The van der Waals surface area contributed by atoms with Crippen molar-refractivity contribution >= 4 is 5.97 Å². The molecule has 1 fully saturated rings. The first kappa shape index (κ1) is 12.5. The zero-order valence-corrected chi connectivity index (χ0v) is 10.2. The molecule has 3 rings (SSSR count). The Bertz CT molecular complexity index is 555. The first-order valence-corrected chi connectivity index (χ1v) is 5.92. The molecule has 2 aliphatic rings. The van der Waals surface area contributed by atoms with Crippen LogP contribution < -0.4 is 5.32 Å². The zero-order valence-electron chi connectivity index (χ0n) is 10.2. The summed E-state index contributed by atoms with van der Waals surface area (Å²) in [4.78, 5) is 11.7. The highest BCUT2D eigenvalue weighted by atomic mass is 19.4. The molecule has 2 atom stereocenters. The van der Waals surface area contributed by atoms with Gasteiger partial charge in [0.2, 0.25) is 0 Å². The lowest BCUT2D eigenvalue weighted by Gasteiger charge is -2.24. The average molecular weight is 271 g/mol. The fourth-order valence-corrected chi connectivity index (χ4v) is 2.84. The SMILES string of the molecule is COC(=O)[C@]12C[C@@H]1c1ccc(C(F)(F)F)cc1CN2. The number of fused-ring (bicyclic) bond motifs is 3. The number of methoxy groups -OCH3 is 1. The molecule has 1 aromatic rings. The molecule has 6 heteroatoms. The maximum absolute atomic E-state index is 12.6.